The van der Waals surface area contributed by atoms with Crippen LogP contribution in [0.3, 0.4) is 0 Å². The number of thioether (sulfide) groups is 2. The summed E-state index contributed by atoms with van der Waals surface area (Å²) in [6.45, 7) is 0.666. The Balaban J connectivity index is 1.37. The van der Waals surface area contributed by atoms with Crippen molar-refractivity contribution in [3.8, 4) is 5.69 Å². The van der Waals surface area contributed by atoms with Crippen molar-refractivity contribution in [2.75, 3.05) is 18.1 Å². The molecule has 0 spiro atoms. The average Bonchev–Trinajstić information content (AvgIpc) is 3.32. The molecular weight excluding hydrogens is 374 g/mol. The maximum absolute atomic E-state index is 12.0. The molecule has 0 saturated carbocycles. The first kappa shape index (κ1) is 18.0. The van der Waals surface area contributed by atoms with Crippen LogP contribution < -0.4 is 5.32 Å². The van der Waals surface area contributed by atoms with E-state index in [4.69, 9.17) is 0 Å². The smallest absolute Gasteiger partial charge is 0.230 e. The van der Waals surface area contributed by atoms with Gasteiger partial charge < -0.3 is 5.32 Å². The highest BCUT2D eigenvalue weighted by molar-refractivity contribution is 7.99. The SMILES string of the molecule is O=C(CSc1nnnn1-c1ccccc1)NCCSCc1cccs1. The van der Waals surface area contributed by atoms with Crippen molar-refractivity contribution in [2.24, 2.45) is 0 Å². The number of hydrogen-bond donors (Lipinski definition) is 1. The van der Waals surface area contributed by atoms with E-state index in [1.165, 1.54) is 16.6 Å². The van der Waals surface area contributed by atoms with Gasteiger partial charge in [-0.2, -0.15) is 16.4 Å². The Morgan fingerprint density at radius 1 is 1.20 bits per heavy atom. The minimum absolute atomic E-state index is 0.00987. The Kier molecular flexibility index (Phi) is 6.89. The molecular formula is C16H17N5OS3. The first-order valence-electron chi connectivity index (χ1n) is 7.66. The van der Waals surface area contributed by atoms with Crippen molar-refractivity contribution in [3.05, 3.63) is 52.7 Å². The Hall–Kier alpha value is -1.84. The van der Waals surface area contributed by atoms with Crippen molar-refractivity contribution >= 4 is 40.8 Å². The summed E-state index contributed by atoms with van der Waals surface area (Å²) < 4.78 is 1.63. The maximum Gasteiger partial charge on any atom is 0.230 e. The highest BCUT2D eigenvalue weighted by Gasteiger charge is 2.11. The highest BCUT2D eigenvalue weighted by atomic mass is 32.2. The van der Waals surface area contributed by atoms with Crippen LogP contribution in [-0.2, 0) is 10.5 Å². The Labute approximate surface area is 158 Å². The summed E-state index contributed by atoms with van der Waals surface area (Å²) in [5.74, 6) is 2.18. The summed E-state index contributed by atoms with van der Waals surface area (Å²) in [5.41, 5.74) is 0.875. The first-order valence-corrected chi connectivity index (χ1v) is 10.7. The van der Waals surface area contributed by atoms with Gasteiger partial charge in [0.15, 0.2) is 0 Å². The van der Waals surface area contributed by atoms with E-state index in [9.17, 15) is 4.79 Å². The number of thiophene rings is 1. The van der Waals surface area contributed by atoms with Crippen LogP contribution in [0.5, 0.6) is 0 Å². The molecule has 6 nitrogen and oxygen atoms in total. The van der Waals surface area contributed by atoms with Gasteiger partial charge in [-0.15, -0.1) is 16.4 Å². The van der Waals surface area contributed by atoms with Crippen molar-refractivity contribution in [3.63, 3.8) is 0 Å². The predicted molar refractivity (Wildman–Crippen MR) is 103 cm³/mol. The summed E-state index contributed by atoms with van der Waals surface area (Å²) in [6.07, 6.45) is 0. The zero-order valence-electron chi connectivity index (χ0n) is 13.4. The summed E-state index contributed by atoms with van der Waals surface area (Å²) in [7, 11) is 0. The lowest BCUT2D eigenvalue weighted by atomic mass is 10.3. The van der Waals surface area contributed by atoms with Crippen molar-refractivity contribution in [1.29, 1.82) is 0 Å². The van der Waals surface area contributed by atoms with Gasteiger partial charge in [-0.05, 0) is 34.0 Å². The second kappa shape index (κ2) is 9.59. The second-order valence-corrected chi connectivity index (χ2v) is 8.06. The maximum atomic E-state index is 12.0. The van der Waals surface area contributed by atoms with Crippen LogP contribution in [0.1, 0.15) is 4.88 Å². The third-order valence-electron chi connectivity index (χ3n) is 3.17. The lowest BCUT2D eigenvalue weighted by Gasteiger charge is -2.05. The van der Waals surface area contributed by atoms with Crippen LogP contribution in [0.15, 0.2) is 53.0 Å². The van der Waals surface area contributed by atoms with Gasteiger partial charge in [-0.1, -0.05) is 36.0 Å². The molecule has 1 amide bonds. The Morgan fingerprint density at radius 3 is 2.88 bits per heavy atom. The van der Waals surface area contributed by atoms with E-state index in [-0.39, 0.29) is 5.91 Å². The molecule has 0 fully saturated rings. The van der Waals surface area contributed by atoms with Gasteiger partial charge >= 0.3 is 0 Å². The van der Waals surface area contributed by atoms with Gasteiger partial charge in [0.1, 0.15) is 0 Å². The van der Waals surface area contributed by atoms with E-state index in [2.05, 4.69) is 38.4 Å². The fourth-order valence-electron chi connectivity index (χ4n) is 2.01. The number of para-hydroxylation sites is 1. The minimum atomic E-state index is -0.00987. The molecule has 0 aliphatic carbocycles. The molecule has 0 saturated heterocycles. The van der Waals surface area contributed by atoms with Crippen molar-refractivity contribution < 1.29 is 4.79 Å². The number of nitrogens with zero attached hydrogens (tertiary/aromatic N) is 4. The molecule has 9 heteroatoms. The molecule has 0 aliphatic rings. The van der Waals surface area contributed by atoms with E-state index in [0.717, 1.165) is 17.2 Å². The number of amides is 1. The molecule has 1 N–H and O–H groups in total. The molecule has 130 valence electrons. The number of aromatic nitrogens is 4. The molecule has 0 aliphatic heterocycles. The zero-order chi connectivity index (χ0) is 17.3. The molecule has 25 heavy (non-hydrogen) atoms. The molecule has 2 aromatic heterocycles. The number of carbonyl (C=O) groups excluding carboxylic acids is 1. The first-order chi connectivity index (χ1) is 12.3. The normalized spacial score (nSPS) is 10.7. The van der Waals surface area contributed by atoms with E-state index >= 15 is 0 Å². The largest absolute Gasteiger partial charge is 0.355 e. The van der Waals surface area contributed by atoms with E-state index in [1.54, 1.807) is 16.0 Å². The van der Waals surface area contributed by atoms with E-state index in [1.807, 2.05) is 42.1 Å². The molecule has 0 radical (unpaired) electrons. The number of benzene rings is 1. The third kappa shape index (κ3) is 5.58. The Morgan fingerprint density at radius 2 is 2.08 bits per heavy atom. The fraction of sp³-hybridized carbons (Fsp3) is 0.250. The summed E-state index contributed by atoms with van der Waals surface area (Å²) in [5, 5.41) is 17.3. The van der Waals surface area contributed by atoms with Crippen LogP contribution in [0.25, 0.3) is 5.69 Å². The lowest BCUT2D eigenvalue weighted by Crippen LogP contribution is -2.27. The van der Waals surface area contributed by atoms with Gasteiger partial charge in [0.05, 0.1) is 11.4 Å². The molecule has 3 rings (SSSR count). The van der Waals surface area contributed by atoms with Crippen molar-refractivity contribution in [1.82, 2.24) is 25.5 Å². The van der Waals surface area contributed by atoms with Crippen LogP contribution >= 0.6 is 34.9 Å². The van der Waals surface area contributed by atoms with E-state index < -0.39 is 0 Å². The number of hydrogen-bond acceptors (Lipinski definition) is 7. The van der Waals surface area contributed by atoms with Crippen LogP contribution in [0.2, 0.25) is 0 Å². The topological polar surface area (TPSA) is 72.7 Å². The number of rotatable bonds is 9. The van der Waals surface area contributed by atoms with Crippen LogP contribution in [0, 0.1) is 0 Å². The standard InChI is InChI=1S/C16H17N5OS3/c22-15(17-8-10-23-11-14-7-4-9-24-14)12-25-16-18-19-20-21(16)13-5-2-1-3-6-13/h1-7,9H,8,10-12H2,(H,17,22). The third-order valence-corrected chi connectivity index (χ3v) is 6.15. The number of carbonyl (C=O) groups is 1. The molecule has 0 unspecified atom stereocenters. The van der Waals surface area contributed by atoms with Gasteiger partial charge in [0, 0.05) is 22.9 Å². The minimum Gasteiger partial charge on any atom is -0.355 e. The molecule has 0 bridgehead atoms. The summed E-state index contributed by atoms with van der Waals surface area (Å²) in [4.78, 5) is 13.3. The molecule has 1 aromatic carbocycles. The molecule has 0 atom stereocenters. The number of tetrazole rings is 1. The van der Waals surface area contributed by atoms with Gasteiger partial charge in [0.2, 0.25) is 11.1 Å². The fourth-order valence-corrected chi connectivity index (χ4v) is 4.43. The van der Waals surface area contributed by atoms with Crippen molar-refractivity contribution in [2.45, 2.75) is 10.9 Å². The van der Waals surface area contributed by atoms with Gasteiger partial charge in [-0.25, -0.2) is 0 Å². The monoisotopic (exact) mass is 391 g/mol. The van der Waals surface area contributed by atoms with Gasteiger partial charge in [0.25, 0.3) is 0 Å². The Bertz CT molecular complexity index is 776. The second-order valence-electron chi connectivity index (χ2n) is 4.98. The summed E-state index contributed by atoms with van der Waals surface area (Å²) >= 11 is 4.91. The predicted octanol–water partition coefficient (Wildman–Crippen LogP) is 2.87. The molecule has 2 heterocycles. The van der Waals surface area contributed by atoms with Crippen LogP contribution in [-0.4, -0.2) is 44.2 Å². The highest BCUT2D eigenvalue weighted by Crippen LogP contribution is 2.18. The lowest BCUT2D eigenvalue weighted by molar-refractivity contribution is -0.118. The average molecular weight is 392 g/mol. The van der Waals surface area contributed by atoms with E-state index in [0.29, 0.717) is 17.5 Å². The van der Waals surface area contributed by atoms with Crippen LogP contribution in [0.4, 0.5) is 0 Å². The quantitative estimate of drug-likeness (QED) is 0.447. The summed E-state index contributed by atoms with van der Waals surface area (Å²) in [6, 6.07) is 13.8. The van der Waals surface area contributed by atoms with Gasteiger partial charge in [-0.3, -0.25) is 4.79 Å². The molecule has 3 aromatic rings. The number of nitrogens with one attached hydrogen (secondary N) is 1. The zero-order valence-corrected chi connectivity index (χ0v) is 15.8.